The lowest BCUT2D eigenvalue weighted by Gasteiger charge is -2.23. The number of nitrogens with zero attached hydrogens (tertiary/aromatic N) is 3. The predicted molar refractivity (Wildman–Crippen MR) is 134 cm³/mol. The Morgan fingerprint density at radius 2 is 1.59 bits per heavy atom. The topological polar surface area (TPSA) is 86.8 Å². The van der Waals surface area contributed by atoms with Gasteiger partial charge >= 0.3 is 6.03 Å². The van der Waals surface area contributed by atoms with Gasteiger partial charge in [0.2, 0.25) is 0 Å². The van der Waals surface area contributed by atoms with Gasteiger partial charge < -0.3 is 25.2 Å². The highest BCUT2D eigenvalue weighted by molar-refractivity contribution is 6.30. The van der Waals surface area contributed by atoms with Crippen molar-refractivity contribution in [3.8, 4) is 5.75 Å². The van der Waals surface area contributed by atoms with Crippen LogP contribution in [0.25, 0.3) is 0 Å². The highest BCUT2D eigenvalue weighted by atomic mass is 35.5. The molecule has 9 heteroatoms. The number of hydrogen-bond donors (Lipinski definition) is 2. The van der Waals surface area contributed by atoms with Gasteiger partial charge in [-0.2, -0.15) is 0 Å². The first-order valence-electron chi connectivity index (χ1n) is 11.0. The molecule has 1 saturated heterocycles. The Kier molecular flexibility index (Phi) is 7.49. The number of nitrogens with one attached hydrogen (secondary N) is 2. The zero-order valence-corrected chi connectivity index (χ0v) is 19.6. The van der Waals surface area contributed by atoms with Gasteiger partial charge in [-0.05, 0) is 67.1 Å². The number of hydrogen-bond acceptors (Lipinski definition) is 5. The maximum Gasteiger partial charge on any atom is 0.323 e. The van der Waals surface area contributed by atoms with Gasteiger partial charge in [0, 0.05) is 42.5 Å². The zero-order chi connectivity index (χ0) is 23.9. The molecule has 1 fully saturated rings. The first-order chi connectivity index (χ1) is 16.5. The van der Waals surface area contributed by atoms with Crippen LogP contribution >= 0.6 is 11.6 Å². The third-order valence-corrected chi connectivity index (χ3v) is 5.80. The van der Waals surface area contributed by atoms with E-state index in [4.69, 9.17) is 16.3 Å². The van der Waals surface area contributed by atoms with Crippen LogP contribution in [0.3, 0.4) is 0 Å². The van der Waals surface area contributed by atoms with Gasteiger partial charge in [0.15, 0.2) is 0 Å². The highest BCUT2D eigenvalue weighted by Gasteiger charge is 2.21. The van der Waals surface area contributed by atoms with Crippen LogP contribution in [0.15, 0.2) is 66.9 Å². The Morgan fingerprint density at radius 1 is 0.882 bits per heavy atom. The van der Waals surface area contributed by atoms with Crippen LogP contribution in [-0.4, -0.2) is 55.1 Å². The van der Waals surface area contributed by atoms with E-state index < -0.39 is 0 Å². The number of carbonyl (C=O) groups excluding carboxylic acids is 2. The van der Waals surface area contributed by atoms with Crippen LogP contribution in [-0.2, 0) is 0 Å². The number of rotatable bonds is 5. The number of methoxy groups -OCH3 is 1. The number of aromatic nitrogens is 1. The van der Waals surface area contributed by atoms with Crippen molar-refractivity contribution in [3.63, 3.8) is 0 Å². The van der Waals surface area contributed by atoms with Crippen molar-refractivity contribution >= 4 is 40.7 Å². The molecular weight excluding hydrogens is 454 g/mol. The Morgan fingerprint density at radius 3 is 2.26 bits per heavy atom. The van der Waals surface area contributed by atoms with Crippen LogP contribution in [0.5, 0.6) is 5.75 Å². The first-order valence-corrected chi connectivity index (χ1v) is 11.4. The highest BCUT2D eigenvalue weighted by Crippen LogP contribution is 2.19. The van der Waals surface area contributed by atoms with Crippen molar-refractivity contribution in [2.45, 2.75) is 6.42 Å². The molecule has 3 amide bonds. The van der Waals surface area contributed by atoms with Gasteiger partial charge in [-0.25, -0.2) is 9.78 Å². The van der Waals surface area contributed by atoms with Crippen molar-refractivity contribution in [3.05, 3.63) is 77.4 Å². The largest absolute Gasteiger partial charge is 0.497 e. The van der Waals surface area contributed by atoms with Gasteiger partial charge in [-0.3, -0.25) is 4.79 Å². The molecule has 0 spiro atoms. The second kappa shape index (κ2) is 10.9. The number of urea groups is 1. The van der Waals surface area contributed by atoms with Crippen LogP contribution < -0.4 is 20.3 Å². The number of amides is 3. The number of pyridine rings is 1. The fourth-order valence-electron chi connectivity index (χ4n) is 3.74. The fourth-order valence-corrected chi connectivity index (χ4v) is 3.87. The number of carbonyl (C=O) groups is 2. The predicted octanol–water partition coefficient (Wildman–Crippen LogP) is 4.74. The molecule has 176 valence electrons. The van der Waals surface area contributed by atoms with E-state index in [0.717, 1.165) is 24.5 Å². The molecule has 1 aliphatic heterocycles. The first kappa shape index (κ1) is 23.4. The van der Waals surface area contributed by atoms with E-state index in [-0.39, 0.29) is 11.9 Å². The van der Waals surface area contributed by atoms with Crippen molar-refractivity contribution < 1.29 is 14.3 Å². The molecule has 0 saturated carbocycles. The number of ether oxygens (including phenoxy) is 1. The molecule has 3 aromatic rings. The van der Waals surface area contributed by atoms with Crippen LogP contribution in [0.2, 0.25) is 5.02 Å². The molecule has 0 unspecified atom stereocenters. The van der Waals surface area contributed by atoms with Gasteiger partial charge in [0.25, 0.3) is 5.91 Å². The third-order valence-electron chi connectivity index (χ3n) is 5.55. The number of benzene rings is 2. The third kappa shape index (κ3) is 5.96. The van der Waals surface area contributed by atoms with Gasteiger partial charge in [-0.1, -0.05) is 11.6 Å². The summed E-state index contributed by atoms with van der Waals surface area (Å²) < 4.78 is 5.12. The SMILES string of the molecule is COc1ccc(NC(=O)Nc2ccc(N3CCCN(C(=O)c4ccc(Cl)cc4)CC3)nc2)cc1. The van der Waals surface area contributed by atoms with E-state index in [0.29, 0.717) is 41.6 Å². The molecule has 2 aromatic carbocycles. The minimum atomic E-state index is -0.356. The van der Waals surface area contributed by atoms with Crippen molar-refractivity contribution in [1.29, 1.82) is 0 Å². The Balaban J connectivity index is 1.31. The van der Waals surface area contributed by atoms with E-state index in [1.54, 1.807) is 61.8 Å². The maximum absolute atomic E-state index is 12.8. The smallest absolute Gasteiger partial charge is 0.323 e. The van der Waals surface area contributed by atoms with Gasteiger partial charge in [0.05, 0.1) is 19.0 Å². The Bertz CT molecular complexity index is 1120. The molecule has 2 heterocycles. The number of halogens is 1. The van der Waals surface area contributed by atoms with E-state index in [1.807, 2.05) is 17.0 Å². The molecule has 4 rings (SSSR count). The molecule has 2 N–H and O–H groups in total. The summed E-state index contributed by atoms with van der Waals surface area (Å²) in [6.45, 7) is 2.76. The fraction of sp³-hybridized carbons (Fsp3) is 0.240. The van der Waals surface area contributed by atoms with E-state index in [9.17, 15) is 9.59 Å². The van der Waals surface area contributed by atoms with Crippen LogP contribution in [0.4, 0.5) is 22.0 Å². The van der Waals surface area contributed by atoms with Crippen molar-refractivity contribution in [2.24, 2.45) is 0 Å². The summed E-state index contributed by atoms with van der Waals surface area (Å²) in [5.41, 5.74) is 1.88. The summed E-state index contributed by atoms with van der Waals surface area (Å²) in [6.07, 6.45) is 2.47. The lowest BCUT2D eigenvalue weighted by atomic mass is 10.2. The summed E-state index contributed by atoms with van der Waals surface area (Å²) >= 11 is 5.93. The zero-order valence-electron chi connectivity index (χ0n) is 18.8. The minimum Gasteiger partial charge on any atom is -0.497 e. The summed E-state index contributed by atoms with van der Waals surface area (Å²) in [5.74, 6) is 1.53. The standard InChI is InChI=1S/C25H26ClN5O3/c1-34-22-10-7-20(8-11-22)28-25(33)29-21-9-12-23(27-17-21)30-13-2-14-31(16-15-30)24(32)18-3-5-19(26)6-4-18/h3-12,17H,2,13-16H2,1H3,(H2,28,29,33). The summed E-state index contributed by atoms with van der Waals surface area (Å²) in [6, 6.07) is 17.4. The van der Waals surface area contributed by atoms with Crippen molar-refractivity contribution in [1.82, 2.24) is 9.88 Å². The lowest BCUT2D eigenvalue weighted by molar-refractivity contribution is 0.0767. The average molecular weight is 480 g/mol. The van der Waals surface area contributed by atoms with E-state index >= 15 is 0 Å². The minimum absolute atomic E-state index is 0.00824. The number of anilines is 3. The average Bonchev–Trinajstić information content (AvgIpc) is 3.11. The van der Waals surface area contributed by atoms with E-state index in [1.165, 1.54) is 0 Å². The molecule has 0 radical (unpaired) electrons. The summed E-state index contributed by atoms with van der Waals surface area (Å²) in [7, 11) is 1.59. The second-order valence-electron chi connectivity index (χ2n) is 7.85. The quantitative estimate of drug-likeness (QED) is 0.552. The summed E-state index contributed by atoms with van der Waals surface area (Å²) in [4.78, 5) is 33.6. The maximum atomic E-state index is 12.8. The lowest BCUT2D eigenvalue weighted by Crippen LogP contribution is -2.35. The molecule has 0 atom stereocenters. The normalized spacial score (nSPS) is 13.7. The molecule has 0 aliphatic carbocycles. The van der Waals surface area contributed by atoms with Crippen LogP contribution in [0.1, 0.15) is 16.8 Å². The Labute approximate surface area is 203 Å². The summed E-state index contributed by atoms with van der Waals surface area (Å²) in [5, 5.41) is 6.16. The molecule has 0 bridgehead atoms. The molecular formula is C25H26ClN5O3. The van der Waals surface area contributed by atoms with Crippen molar-refractivity contribution in [2.75, 3.05) is 48.8 Å². The van der Waals surface area contributed by atoms with E-state index in [2.05, 4.69) is 20.5 Å². The van der Waals surface area contributed by atoms with Crippen LogP contribution in [0, 0.1) is 0 Å². The molecule has 1 aromatic heterocycles. The Hall–Kier alpha value is -3.78. The molecule has 8 nitrogen and oxygen atoms in total. The van der Waals surface area contributed by atoms with Gasteiger partial charge in [-0.15, -0.1) is 0 Å². The molecule has 1 aliphatic rings. The monoisotopic (exact) mass is 479 g/mol. The second-order valence-corrected chi connectivity index (χ2v) is 8.29. The van der Waals surface area contributed by atoms with Gasteiger partial charge in [0.1, 0.15) is 11.6 Å². The molecule has 34 heavy (non-hydrogen) atoms.